The molecule has 2 amide bonds. The third kappa shape index (κ3) is 3.41. The van der Waals surface area contributed by atoms with E-state index in [1.807, 2.05) is 0 Å². The van der Waals surface area contributed by atoms with Crippen molar-refractivity contribution in [1.82, 2.24) is 25.2 Å². The van der Waals surface area contributed by atoms with Crippen LogP contribution < -0.4 is 5.32 Å². The van der Waals surface area contributed by atoms with Gasteiger partial charge in [0, 0.05) is 31.1 Å². The molecule has 0 radical (unpaired) electrons. The molecule has 1 aliphatic rings. The molecule has 2 heterocycles. The van der Waals surface area contributed by atoms with Crippen LogP contribution in [0.2, 0.25) is 5.02 Å². The van der Waals surface area contributed by atoms with Crippen LogP contribution in [0, 0.1) is 5.92 Å². The number of halogens is 1. The average Bonchev–Trinajstić information content (AvgIpc) is 3.11. The van der Waals surface area contributed by atoms with Crippen molar-refractivity contribution in [3.63, 3.8) is 0 Å². The number of amides is 2. The zero-order valence-electron chi connectivity index (χ0n) is 13.3. The maximum Gasteiger partial charge on any atom is 0.276 e. The molecule has 1 fully saturated rings. The number of carbonyl (C=O) groups excluding carboxylic acids is 2. The molecule has 1 N–H and O–H groups in total. The molecule has 2 aromatic rings. The molecular weight excluding hydrogens is 330 g/mol. The predicted molar refractivity (Wildman–Crippen MR) is 89.1 cm³/mol. The van der Waals surface area contributed by atoms with Crippen LogP contribution in [0.3, 0.4) is 0 Å². The van der Waals surface area contributed by atoms with E-state index in [1.165, 1.54) is 0 Å². The summed E-state index contributed by atoms with van der Waals surface area (Å²) in [6.45, 7) is 1.09. The number of nitrogens with zero attached hydrogens (tertiary/aromatic N) is 4. The highest BCUT2D eigenvalue weighted by Crippen LogP contribution is 2.19. The van der Waals surface area contributed by atoms with Gasteiger partial charge in [-0.2, -0.15) is 0 Å². The van der Waals surface area contributed by atoms with Gasteiger partial charge in [0.05, 0.1) is 11.9 Å². The predicted octanol–water partition coefficient (Wildman–Crippen LogP) is 1.52. The molecule has 126 valence electrons. The molecule has 0 aliphatic carbocycles. The Bertz CT molecular complexity index is 735. The smallest absolute Gasteiger partial charge is 0.276 e. The minimum atomic E-state index is -0.162. The fourth-order valence-corrected chi connectivity index (χ4v) is 2.92. The standard InChI is InChI=1S/C16H18ClN5O2/c1-18-15(23)11-6-8-21(9-7-11)16(24)14-10-22(20-19-14)13-4-2-12(17)3-5-13/h2-5,10-11H,6-9H2,1H3,(H,18,23). The summed E-state index contributed by atoms with van der Waals surface area (Å²) in [5, 5.41) is 11.3. The summed E-state index contributed by atoms with van der Waals surface area (Å²) in [6, 6.07) is 7.12. The summed E-state index contributed by atoms with van der Waals surface area (Å²) in [7, 11) is 1.63. The van der Waals surface area contributed by atoms with E-state index in [0.717, 1.165) is 5.69 Å². The Hall–Kier alpha value is -2.41. The summed E-state index contributed by atoms with van der Waals surface area (Å²) in [5.74, 6) is -0.148. The molecule has 8 heteroatoms. The lowest BCUT2D eigenvalue weighted by Gasteiger charge is -2.30. The molecule has 24 heavy (non-hydrogen) atoms. The van der Waals surface area contributed by atoms with E-state index < -0.39 is 0 Å². The monoisotopic (exact) mass is 347 g/mol. The average molecular weight is 348 g/mol. The highest BCUT2D eigenvalue weighted by atomic mass is 35.5. The fourth-order valence-electron chi connectivity index (χ4n) is 2.79. The Morgan fingerprint density at radius 1 is 1.21 bits per heavy atom. The Morgan fingerprint density at radius 3 is 2.50 bits per heavy atom. The second-order valence-electron chi connectivity index (χ2n) is 5.71. The summed E-state index contributed by atoms with van der Waals surface area (Å²) >= 11 is 5.87. The van der Waals surface area contributed by atoms with Crippen LogP contribution in [-0.2, 0) is 4.79 Å². The van der Waals surface area contributed by atoms with Gasteiger partial charge in [0.25, 0.3) is 5.91 Å². The first-order chi connectivity index (χ1) is 11.6. The van der Waals surface area contributed by atoms with Crippen molar-refractivity contribution >= 4 is 23.4 Å². The number of rotatable bonds is 3. The molecule has 0 saturated carbocycles. The van der Waals surface area contributed by atoms with Crippen molar-refractivity contribution in [3.05, 3.63) is 41.2 Å². The molecule has 3 rings (SSSR count). The van der Waals surface area contributed by atoms with E-state index in [1.54, 1.807) is 47.1 Å². The van der Waals surface area contributed by atoms with E-state index in [-0.39, 0.29) is 17.7 Å². The molecule has 1 aromatic carbocycles. The molecule has 1 saturated heterocycles. The minimum absolute atomic E-state index is 0.0243. The van der Waals surface area contributed by atoms with E-state index in [4.69, 9.17) is 11.6 Å². The van der Waals surface area contributed by atoms with Crippen molar-refractivity contribution in [1.29, 1.82) is 0 Å². The molecule has 0 unspecified atom stereocenters. The number of hydrogen-bond acceptors (Lipinski definition) is 4. The van der Waals surface area contributed by atoms with Gasteiger partial charge in [0.2, 0.25) is 5.91 Å². The summed E-state index contributed by atoms with van der Waals surface area (Å²) in [4.78, 5) is 25.9. The summed E-state index contributed by atoms with van der Waals surface area (Å²) in [5.41, 5.74) is 1.08. The Labute approximate surface area is 144 Å². The zero-order valence-corrected chi connectivity index (χ0v) is 14.0. The van der Waals surface area contributed by atoms with Crippen LogP contribution in [0.1, 0.15) is 23.3 Å². The molecule has 1 aromatic heterocycles. The lowest BCUT2D eigenvalue weighted by atomic mass is 9.96. The van der Waals surface area contributed by atoms with Gasteiger partial charge in [0.1, 0.15) is 0 Å². The van der Waals surface area contributed by atoms with Crippen molar-refractivity contribution in [2.24, 2.45) is 5.92 Å². The van der Waals surface area contributed by atoms with Gasteiger partial charge >= 0.3 is 0 Å². The molecule has 0 spiro atoms. The van der Waals surface area contributed by atoms with Crippen molar-refractivity contribution < 1.29 is 9.59 Å². The number of likely N-dealkylation sites (tertiary alicyclic amines) is 1. The highest BCUT2D eigenvalue weighted by Gasteiger charge is 2.28. The van der Waals surface area contributed by atoms with E-state index in [0.29, 0.717) is 36.6 Å². The van der Waals surface area contributed by atoms with Gasteiger partial charge in [-0.15, -0.1) is 5.10 Å². The first-order valence-electron chi connectivity index (χ1n) is 7.77. The third-order valence-corrected chi connectivity index (χ3v) is 4.46. The van der Waals surface area contributed by atoms with E-state index in [9.17, 15) is 9.59 Å². The molecular formula is C16H18ClN5O2. The van der Waals surface area contributed by atoms with Crippen LogP contribution in [-0.4, -0.2) is 51.8 Å². The lowest BCUT2D eigenvalue weighted by Crippen LogP contribution is -2.42. The molecule has 0 bridgehead atoms. The van der Waals surface area contributed by atoms with Crippen LogP contribution in [0.25, 0.3) is 5.69 Å². The van der Waals surface area contributed by atoms with Gasteiger partial charge in [-0.25, -0.2) is 4.68 Å². The van der Waals surface area contributed by atoms with Crippen LogP contribution in [0.4, 0.5) is 0 Å². The Balaban J connectivity index is 1.66. The number of benzene rings is 1. The third-order valence-electron chi connectivity index (χ3n) is 4.20. The van der Waals surface area contributed by atoms with E-state index in [2.05, 4.69) is 15.6 Å². The quantitative estimate of drug-likeness (QED) is 0.912. The second kappa shape index (κ2) is 7.00. The van der Waals surface area contributed by atoms with Gasteiger partial charge in [-0.3, -0.25) is 9.59 Å². The van der Waals surface area contributed by atoms with Gasteiger partial charge in [-0.1, -0.05) is 16.8 Å². The van der Waals surface area contributed by atoms with E-state index >= 15 is 0 Å². The topological polar surface area (TPSA) is 80.1 Å². The summed E-state index contributed by atoms with van der Waals surface area (Å²) < 4.78 is 1.54. The van der Waals surface area contributed by atoms with Gasteiger partial charge < -0.3 is 10.2 Å². The van der Waals surface area contributed by atoms with Crippen molar-refractivity contribution in [2.75, 3.05) is 20.1 Å². The Kier molecular flexibility index (Phi) is 4.80. The zero-order chi connectivity index (χ0) is 17.1. The van der Waals surface area contributed by atoms with Crippen LogP contribution >= 0.6 is 11.6 Å². The number of piperidine rings is 1. The maximum atomic E-state index is 12.5. The fraction of sp³-hybridized carbons (Fsp3) is 0.375. The largest absolute Gasteiger partial charge is 0.359 e. The molecule has 1 aliphatic heterocycles. The van der Waals surface area contributed by atoms with Gasteiger partial charge in [-0.05, 0) is 37.1 Å². The number of nitrogens with one attached hydrogen (secondary N) is 1. The SMILES string of the molecule is CNC(=O)C1CCN(C(=O)c2cn(-c3ccc(Cl)cc3)nn2)CC1. The highest BCUT2D eigenvalue weighted by molar-refractivity contribution is 6.30. The number of hydrogen-bond donors (Lipinski definition) is 1. The number of aromatic nitrogens is 3. The summed E-state index contributed by atoms with van der Waals surface area (Å²) in [6.07, 6.45) is 2.93. The maximum absolute atomic E-state index is 12.5. The number of carbonyl (C=O) groups is 2. The first kappa shape index (κ1) is 16.4. The second-order valence-corrected chi connectivity index (χ2v) is 6.14. The first-order valence-corrected chi connectivity index (χ1v) is 8.15. The van der Waals surface area contributed by atoms with Crippen molar-refractivity contribution in [3.8, 4) is 5.69 Å². The molecule has 7 nitrogen and oxygen atoms in total. The normalized spacial score (nSPS) is 15.3. The van der Waals surface area contributed by atoms with Crippen LogP contribution in [0.5, 0.6) is 0 Å². The van der Waals surface area contributed by atoms with Gasteiger partial charge in [0.15, 0.2) is 5.69 Å². The molecule has 0 atom stereocenters. The van der Waals surface area contributed by atoms with Crippen LogP contribution in [0.15, 0.2) is 30.5 Å². The minimum Gasteiger partial charge on any atom is -0.359 e. The Morgan fingerprint density at radius 2 is 1.88 bits per heavy atom. The lowest BCUT2D eigenvalue weighted by molar-refractivity contribution is -0.125. The van der Waals surface area contributed by atoms with Crippen molar-refractivity contribution in [2.45, 2.75) is 12.8 Å².